The van der Waals surface area contributed by atoms with Gasteiger partial charge in [0.15, 0.2) is 0 Å². The number of nitrogens with zero attached hydrogens (tertiary/aromatic N) is 1. The zero-order valence-electron chi connectivity index (χ0n) is 14.0. The summed E-state index contributed by atoms with van der Waals surface area (Å²) in [4.78, 5) is 12.3. The molecule has 0 saturated carbocycles. The predicted molar refractivity (Wildman–Crippen MR) is 91.5 cm³/mol. The normalized spacial score (nSPS) is 16.0. The Balaban J connectivity index is 2.01. The Morgan fingerprint density at radius 2 is 1.96 bits per heavy atom. The summed E-state index contributed by atoms with van der Waals surface area (Å²) in [5.41, 5.74) is 0.347. The van der Waals surface area contributed by atoms with E-state index in [9.17, 15) is 13.2 Å². The van der Waals surface area contributed by atoms with Crippen molar-refractivity contribution in [3.05, 3.63) is 29.8 Å². The van der Waals surface area contributed by atoms with Crippen LogP contribution in [-0.4, -0.2) is 64.6 Å². The molecule has 7 nitrogen and oxygen atoms in total. The molecule has 1 aromatic rings. The summed E-state index contributed by atoms with van der Waals surface area (Å²) in [6, 6.07) is 6.16. The molecule has 1 heterocycles. The van der Waals surface area contributed by atoms with Gasteiger partial charge >= 0.3 is 0 Å². The summed E-state index contributed by atoms with van der Waals surface area (Å²) in [7, 11) is -3.59. The van der Waals surface area contributed by atoms with Gasteiger partial charge in [-0.05, 0) is 31.2 Å². The Morgan fingerprint density at radius 1 is 1.21 bits per heavy atom. The number of morpholine rings is 1. The molecular weight excluding hydrogens is 330 g/mol. The maximum absolute atomic E-state index is 12.6. The van der Waals surface area contributed by atoms with Crippen LogP contribution in [0.15, 0.2) is 29.2 Å². The maximum atomic E-state index is 12.6. The molecule has 0 aromatic heterocycles. The van der Waals surface area contributed by atoms with Crippen molar-refractivity contribution < 1.29 is 17.9 Å². The van der Waals surface area contributed by atoms with E-state index in [1.807, 2.05) is 0 Å². The van der Waals surface area contributed by atoms with Crippen LogP contribution in [0.4, 0.5) is 0 Å². The number of sulfonamides is 1. The van der Waals surface area contributed by atoms with Gasteiger partial charge in [0.2, 0.25) is 10.0 Å². The van der Waals surface area contributed by atoms with Crippen molar-refractivity contribution in [3.8, 4) is 0 Å². The van der Waals surface area contributed by atoms with Crippen LogP contribution in [0, 0.1) is 0 Å². The van der Waals surface area contributed by atoms with Crippen molar-refractivity contribution in [2.45, 2.75) is 18.2 Å². The van der Waals surface area contributed by atoms with Crippen LogP contribution in [0.5, 0.6) is 0 Å². The summed E-state index contributed by atoms with van der Waals surface area (Å²) in [5.74, 6) is -0.271. The summed E-state index contributed by atoms with van der Waals surface area (Å²) < 4.78 is 31.8. The van der Waals surface area contributed by atoms with E-state index in [0.717, 1.165) is 13.0 Å². The molecule has 2 rings (SSSR count). The van der Waals surface area contributed by atoms with Crippen molar-refractivity contribution in [2.75, 3.05) is 45.9 Å². The summed E-state index contributed by atoms with van der Waals surface area (Å²) in [6.07, 6.45) is 1.04. The van der Waals surface area contributed by atoms with E-state index in [0.29, 0.717) is 45.0 Å². The first-order chi connectivity index (χ1) is 11.6. The van der Waals surface area contributed by atoms with E-state index >= 15 is 0 Å². The lowest BCUT2D eigenvalue weighted by atomic mass is 10.2. The SMILES string of the molecule is CCCNCCNC(=O)c1cccc(S(=O)(=O)N2CCOCC2)c1. The molecule has 0 bridgehead atoms. The Hall–Kier alpha value is -1.48. The van der Waals surface area contributed by atoms with Gasteiger partial charge in [-0.25, -0.2) is 8.42 Å². The summed E-state index contributed by atoms with van der Waals surface area (Å²) in [5, 5.41) is 5.98. The number of rotatable bonds is 8. The van der Waals surface area contributed by atoms with Gasteiger partial charge in [0.1, 0.15) is 0 Å². The molecule has 8 heteroatoms. The van der Waals surface area contributed by atoms with Crippen LogP contribution in [0.2, 0.25) is 0 Å². The molecule has 1 aromatic carbocycles. The van der Waals surface area contributed by atoms with Crippen molar-refractivity contribution >= 4 is 15.9 Å². The van der Waals surface area contributed by atoms with Crippen molar-refractivity contribution in [1.82, 2.24) is 14.9 Å². The van der Waals surface area contributed by atoms with E-state index in [1.165, 1.54) is 16.4 Å². The first kappa shape index (κ1) is 18.9. The third kappa shape index (κ3) is 5.01. The minimum absolute atomic E-state index is 0.140. The molecule has 24 heavy (non-hydrogen) atoms. The molecule has 0 aliphatic carbocycles. The number of carbonyl (C=O) groups excluding carboxylic acids is 1. The minimum Gasteiger partial charge on any atom is -0.379 e. The van der Waals surface area contributed by atoms with E-state index in [4.69, 9.17) is 4.74 Å². The van der Waals surface area contributed by atoms with Gasteiger partial charge in [0.25, 0.3) is 5.91 Å². The second-order valence-corrected chi connectivity index (χ2v) is 7.49. The number of benzene rings is 1. The number of amides is 1. The van der Waals surface area contributed by atoms with Crippen molar-refractivity contribution in [3.63, 3.8) is 0 Å². The largest absolute Gasteiger partial charge is 0.379 e. The third-order valence-corrected chi connectivity index (χ3v) is 5.61. The highest BCUT2D eigenvalue weighted by atomic mass is 32.2. The van der Waals surface area contributed by atoms with Gasteiger partial charge in [0, 0.05) is 31.7 Å². The van der Waals surface area contributed by atoms with Crippen LogP contribution >= 0.6 is 0 Å². The number of nitrogens with one attached hydrogen (secondary N) is 2. The average molecular weight is 355 g/mol. The highest BCUT2D eigenvalue weighted by Gasteiger charge is 2.26. The minimum atomic E-state index is -3.59. The second-order valence-electron chi connectivity index (χ2n) is 5.55. The molecule has 0 atom stereocenters. The average Bonchev–Trinajstić information content (AvgIpc) is 2.62. The van der Waals surface area contributed by atoms with Gasteiger partial charge in [-0.1, -0.05) is 13.0 Å². The van der Waals surface area contributed by atoms with Crippen LogP contribution in [0.3, 0.4) is 0 Å². The van der Waals surface area contributed by atoms with Gasteiger partial charge in [-0.3, -0.25) is 4.79 Å². The highest BCUT2D eigenvalue weighted by molar-refractivity contribution is 7.89. The van der Waals surface area contributed by atoms with Gasteiger partial charge < -0.3 is 15.4 Å². The number of ether oxygens (including phenoxy) is 1. The molecule has 1 aliphatic rings. The van der Waals surface area contributed by atoms with Gasteiger partial charge in [0.05, 0.1) is 18.1 Å². The fraction of sp³-hybridized carbons (Fsp3) is 0.562. The molecule has 0 radical (unpaired) electrons. The van der Waals surface area contributed by atoms with Gasteiger partial charge in [-0.2, -0.15) is 4.31 Å². The molecule has 2 N–H and O–H groups in total. The molecule has 134 valence electrons. The fourth-order valence-corrected chi connectivity index (χ4v) is 3.86. The van der Waals surface area contributed by atoms with E-state index < -0.39 is 10.0 Å². The zero-order chi connectivity index (χ0) is 17.4. The quantitative estimate of drug-likeness (QED) is 0.661. The maximum Gasteiger partial charge on any atom is 0.251 e. The molecule has 0 spiro atoms. The lowest BCUT2D eigenvalue weighted by molar-refractivity contribution is 0.0730. The zero-order valence-corrected chi connectivity index (χ0v) is 14.8. The first-order valence-electron chi connectivity index (χ1n) is 8.22. The number of carbonyl (C=O) groups is 1. The van der Waals surface area contributed by atoms with Crippen LogP contribution in [0.1, 0.15) is 23.7 Å². The Bertz CT molecular complexity index is 642. The monoisotopic (exact) mass is 355 g/mol. The Morgan fingerprint density at radius 3 is 2.67 bits per heavy atom. The van der Waals surface area contributed by atoms with Crippen molar-refractivity contribution in [1.29, 1.82) is 0 Å². The van der Waals surface area contributed by atoms with E-state index in [1.54, 1.807) is 12.1 Å². The predicted octanol–water partition coefficient (Wildman–Crippen LogP) is 0.437. The first-order valence-corrected chi connectivity index (χ1v) is 9.66. The Labute approximate surface area is 143 Å². The Kier molecular flexibility index (Phi) is 7.16. The lowest BCUT2D eigenvalue weighted by Gasteiger charge is -2.26. The molecular formula is C16H25N3O4S. The number of hydrogen-bond acceptors (Lipinski definition) is 5. The molecule has 1 aliphatic heterocycles. The molecule has 1 saturated heterocycles. The van der Waals surface area contributed by atoms with Gasteiger partial charge in [-0.15, -0.1) is 0 Å². The highest BCUT2D eigenvalue weighted by Crippen LogP contribution is 2.18. The van der Waals surface area contributed by atoms with Crippen LogP contribution < -0.4 is 10.6 Å². The molecule has 1 amide bonds. The lowest BCUT2D eigenvalue weighted by Crippen LogP contribution is -2.40. The second kappa shape index (κ2) is 9.12. The van der Waals surface area contributed by atoms with Crippen LogP contribution in [0.25, 0.3) is 0 Å². The number of hydrogen-bond donors (Lipinski definition) is 2. The van der Waals surface area contributed by atoms with Crippen LogP contribution in [-0.2, 0) is 14.8 Å². The smallest absolute Gasteiger partial charge is 0.251 e. The standard InChI is InChI=1S/C16H25N3O4S/c1-2-6-17-7-8-18-16(20)14-4-3-5-15(13-14)24(21,22)19-9-11-23-12-10-19/h3-5,13,17H,2,6-12H2,1H3,(H,18,20). The summed E-state index contributed by atoms with van der Waals surface area (Å²) >= 11 is 0. The fourth-order valence-electron chi connectivity index (χ4n) is 2.40. The van der Waals surface area contributed by atoms with E-state index in [-0.39, 0.29) is 10.8 Å². The summed E-state index contributed by atoms with van der Waals surface area (Å²) in [6.45, 7) is 5.62. The topological polar surface area (TPSA) is 87.7 Å². The van der Waals surface area contributed by atoms with Crippen molar-refractivity contribution in [2.24, 2.45) is 0 Å². The third-order valence-electron chi connectivity index (χ3n) is 3.72. The molecule has 1 fully saturated rings. The molecule has 0 unspecified atom stereocenters. The van der Waals surface area contributed by atoms with E-state index in [2.05, 4.69) is 17.6 Å².